The first-order valence-corrected chi connectivity index (χ1v) is 6.75. The van der Waals surface area contributed by atoms with Gasteiger partial charge in [-0.1, -0.05) is 0 Å². The first-order valence-electron chi connectivity index (χ1n) is 6.75. The van der Waals surface area contributed by atoms with Crippen LogP contribution in [0.25, 0.3) is 0 Å². The lowest BCUT2D eigenvalue weighted by Crippen LogP contribution is -2.51. The largest absolute Gasteiger partial charge is 0.388 e. The van der Waals surface area contributed by atoms with Gasteiger partial charge in [0, 0.05) is 39.6 Å². The van der Waals surface area contributed by atoms with Crippen LogP contribution in [0.4, 0.5) is 0 Å². The van der Waals surface area contributed by atoms with Crippen LogP contribution in [0.5, 0.6) is 0 Å². The molecule has 2 heterocycles. The minimum atomic E-state index is -0.960. The van der Waals surface area contributed by atoms with Crippen molar-refractivity contribution in [3.05, 3.63) is 17.7 Å². The fraction of sp³-hybridized carbons (Fsp3) is 0.692. The first kappa shape index (κ1) is 15.0. The molecule has 7 heteroatoms. The lowest BCUT2D eigenvalue weighted by atomic mass is 10.0. The second kappa shape index (κ2) is 6.34. The van der Waals surface area contributed by atoms with E-state index in [0.29, 0.717) is 26.0 Å². The number of rotatable bonds is 6. The number of fused-ring (bicyclic) bond motifs is 1. The zero-order valence-corrected chi connectivity index (χ0v) is 11.9. The maximum Gasteiger partial charge on any atom is 0.237 e. The Kier molecular flexibility index (Phi) is 4.74. The van der Waals surface area contributed by atoms with Crippen LogP contribution in [0.1, 0.15) is 24.7 Å². The molecule has 20 heavy (non-hydrogen) atoms. The number of carbonyl (C=O) groups is 1. The Morgan fingerprint density at radius 3 is 3.25 bits per heavy atom. The molecule has 1 aromatic heterocycles. The molecule has 2 atom stereocenters. The number of amides is 1. The van der Waals surface area contributed by atoms with E-state index in [1.54, 1.807) is 20.4 Å². The van der Waals surface area contributed by atoms with Gasteiger partial charge in [0.15, 0.2) is 0 Å². The van der Waals surface area contributed by atoms with Gasteiger partial charge in [-0.25, -0.2) is 4.98 Å². The molecule has 0 saturated carbocycles. The van der Waals surface area contributed by atoms with Gasteiger partial charge in [0.1, 0.15) is 0 Å². The molecule has 1 aromatic rings. The fourth-order valence-corrected chi connectivity index (χ4v) is 2.17. The number of ether oxygens (including phenoxy) is 1. The number of nitrogens with zero attached hydrogens (tertiary/aromatic N) is 1. The molecule has 2 rings (SSSR count). The molecule has 1 aliphatic heterocycles. The molecule has 0 fully saturated rings. The molecule has 4 N–H and O–H groups in total. The predicted octanol–water partition coefficient (Wildman–Crippen LogP) is -0.672. The SMILES string of the molecule is COCCC(C)(O)CNC(=O)C1Cc2nc[nH]c2CN1. The minimum absolute atomic E-state index is 0.114. The molecule has 7 nitrogen and oxygen atoms in total. The molecule has 0 spiro atoms. The van der Waals surface area contributed by atoms with Gasteiger partial charge in [-0.05, 0) is 6.92 Å². The lowest BCUT2D eigenvalue weighted by molar-refractivity contribution is -0.124. The number of nitrogens with one attached hydrogen (secondary N) is 3. The highest BCUT2D eigenvalue weighted by molar-refractivity contribution is 5.82. The summed E-state index contributed by atoms with van der Waals surface area (Å²) in [6.07, 6.45) is 2.68. The van der Waals surface area contributed by atoms with E-state index in [1.165, 1.54) is 0 Å². The topological polar surface area (TPSA) is 99.3 Å². The molecule has 1 amide bonds. The zero-order valence-electron chi connectivity index (χ0n) is 11.9. The van der Waals surface area contributed by atoms with Crippen LogP contribution in [-0.4, -0.2) is 52.9 Å². The summed E-state index contributed by atoms with van der Waals surface area (Å²) in [5, 5.41) is 16.0. The van der Waals surface area contributed by atoms with Crippen LogP contribution < -0.4 is 10.6 Å². The third-order valence-electron chi connectivity index (χ3n) is 3.53. The average molecular weight is 282 g/mol. The Labute approximate surface area is 118 Å². The summed E-state index contributed by atoms with van der Waals surface area (Å²) in [6.45, 7) is 2.96. The first-order chi connectivity index (χ1) is 9.52. The highest BCUT2D eigenvalue weighted by Crippen LogP contribution is 2.13. The summed E-state index contributed by atoms with van der Waals surface area (Å²) in [7, 11) is 1.59. The molecule has 112 valence electrons. The molecule has 2 unspecified atom stereocenters. The van der Waals surface area contributed by atoms with Crippen LogP contribution in [0.15, 0.2) is 6.33 Å². The predicted molar refractivity (Wildman–Crippen MR) is 73.0 cm³/mol. The van der Waals surface area contributed by atoms with Crippen LogP contribution in [0, 0.1) is 0 Å². The molecule has 1 aliphatic rings. The van der Waals surface area contributed by atoms with Gasteiger partial charge < -0.3 is 20.1 Å². The molecular formula is C13H22N4O3. The van der Waals surface area contributed by atoms with Crippen molar-refractivity contribution in [3.63, 3.8) is 0 Å². The Balaban J connectivity index is 1.81. The Morgan fingerprint density at radius 1 is 1.70 bits per heavy atom. The number of aromatic amines is 1. The van der Waals surface area contributed by atoms with Crippen LogP contribution in [0.2, 0.25) is 0 Å². The maximum absolute atomic E-state index is 12.1. The van der Waals surface area contributed by atoms with Crippen LogP contribution in [-0.2, 0) is 22.5 Å². The Hall–Kier alpha value is -1.44. The van der Waals surface area contributed by atoms with E-state index in [0.717, 1.165) is 11.4 Å². The standard InChI is InChI=1S/C13H22N4O3/c1-13(19,3-4-20-2)7-15-12(18)10-5-9-11(6-14-10)17-8-16-9/h8,10,14,19H,3-7H2,1-2H3,(H,15,18)(H,16,17). The van der Waals surface area contributed by atoms with Gasteiger partial charge in [0.2, 0.25) is 5.91 Å². The van der Waals surface area contributed by atoms with Gasteiger partial charge in [0.25, 0.3) is 0 Å². The number of carbonyl (C=O) groups excluding carboxylic acids is 1. The average Bonchev–Trinajstić information content (AvgIpc) is 2.90. The summed E-state index contributed by atoms with van der Waals surface area (Å²) in [4.78, 5) is 19.3. The smallest absolute Gasteiger partial charge is 0.237 e. The lowest BCUT2D eigenvalue weighted by Gasteiger charge is -2.26. The number of methoxy groups -OCH3 is 1. The third kappa shape index (κ3) is 3.78. The minimum Gasteiger partial charge on any atom is -0.388 e. The zero-order chi connectivity index (χ0) is 14.6. The van der Waals surface area contributed by atoms with Crippen molar-refractivity contribution in [2.45, 2.75) is 38.0 Å². The number of imidazole rings is 1. The molecule has 0 aliphatic carbocycles. The van der Waals surface area contributed by atoms with Crippen molar-refractivity contribution in [1.82, 2.24) is 20.6 Å². The monoisotopic (exact) mass is 282 g/mol. The van der Waals surface area contributed by atoms with E-state index in [2.05, 4.69) is 20.6 Å². The van der Waals surface area contributed by atoms with Gasteiger partial charge >= 0.3 is 0 Å². The van der Waals surface area contributed by atoms with E-state index in [1.807, 2.05) is 0 Å². The van der Waals surface area contributed by atoms with E-state index < -0.39 is 5.60 Å². The number of hydrogen-bond donors (Lipinski definition) is 4. The third-order valence-corrected chi connectivity index (χ3v) is 3.53. The summed E-state index contributed by atoms with van der Waals surface area (Å²) in [6, 6.07) is -0.302. The van der Waals surface area contributed by atoms with Gasteiger partial charge in [-0.2, -0.15) is 0 Å². The summed E-state index contributed by atoms with van der Waals surface area (Å²) in [5.74, 6) is -0.114. The van der Waals surface area contributed by atoms with E-state index in [-0.39, 0.29) is 18.5 Å². The Morgan fingerprint density at radius 2 is 2.50 bits per heavy atom. The van der Waals surface area contributed by atoms with Crippen LogP contribution in [0.3, 0.4) is 0 Å². The van der Waals surface area contributed by atoms with E-state index in [4.69, 9.17) is 4.74 Å². The number of aromatic nitrogens is 2. The van der Waals surface area contributed by atoms with Crippen molar-refractivity contribution >= 4 is 5.91 Å². The summed E-state index contributed by atoms with van der Waals surface area (Å²) in [5.41, 5.74) is 0.994. The van der Waals surface area contributed by atoms with Gasteiger partial charge in [-0.15, -0.1) is 0 Å². The number of hydrogen-bond acceptors (Lipinski definition) is 5. The molecule has 0 radical (unpaired) electrons. The quantitative estimate of drug-likeness (QED) is 0.554. The maximum atomic E-state index is 12.1. The molecule has 0 bridgehead atoms. The number of aliphatic hydroxyl groups is 1. The molecule has 0 aromatic carbocycles. The Bertz CT molecular complexity index is 458. The van der Waals surface area contributed by atoms with Crippen molar-refractivity contribution in [2.75, 3.05) is 20.3 Å². The fourth-order valence-electron chi connectivity index (χ4n) is 2.17. The summed E-state index contributed by atoms with van der Waals surface area (Å²) < 4.78 is 4.93. The second-order valence-corrected chi connectivity index (χ2v) is 5.42. The normalized spacial score (nSPS) is 21.1. The molecule has 0 saturated heterocycles. The van der Waals surface area contributed by atoms with Crippen molar-refractivity contribution in [2.24, 2.45) is 0 Å². The van der Waals surface area contributed by atoms with E-state index in [9.17, 15) is 9.90 Å². The van der Waals surface area contributed by atoms with Gasteiger partial charge in [-0.3, -0.25) is 10.1 Å². The van der Waals surface area contributed by atoms with E-state index >= 15 is 0 Å². The highest BCUT2D eigenvalue weighted by Gasteiger charge is 2.27. The number of H-pyrrole nitrogens is 1. The van der Waals surface area contributed by atoms with Crippen molar-refractivity contribution < 1.29 is 14.6 Å². The highest BCUT2D eigenvalue weighted by atomic mass is 16.5. The molecular weight excluding hydrogens is 260 g/mol. The van der Waals surface area contributed by atoms with Crippen molar-refractivity contribution in [3.8, 4) is 0 Å². The van der Waals surface area contributed by atoms with Crippen LogP contribution >= 0.6 is 0 Å². The second-order valence-electron chi connectivity index (χ2n) is 5.42. The van der Waals surface area contributed by atoms with Gasteiger partial charge in [0.05, 0.1) is 29.4 Å². The van der Waals surface area contributed by atoms with Crippen molar-refractivity contribution in [1.29, 1.82) is 0 Å². The summed E-state index contributed by atoms with van der Waals surface area (Å²) >= 11 is 0.